The first kappa shape index (κ1) is 53.9. The van der Waals surface area contributed by atoms with E-state index in [2.05, 4.69) is 57.3 Å². The summed E-state index contributed by atoms with van der Waals surface area (Å²) < 4.78 is 39.5. The monoisotopic (exact) mass is 917 g/mol. The Morgan fingerprint density at radius 1 is 0.716 bits per heavy atom. The summed E-state index contributed by atoms with van der Waals surface area (Å²) in [7, 11) is 0. The Kier molecular flexibility index (Phi) is 20.9. The predicted molar refractivity (Wildman–Crippen MR) is 262 cm³/mol. The molecule has 67 heavy (non-hydrogen) atoms. The SMILES string of the molecule is C=C(C)C(=O)OCCCc1cc(-c2ccc(C3CCC(CCCCC)CC3)cc2F)c(CC)cc1-c1ccc(OCC(CC#N)(CC#N)COC(=O)C(=C)C)c(CCCOC(=O)C(C)(C)C)c1. The van der Waals surface area contributed by atoms with Crippen molar-refractivity contribution in [2.75, 3.05) is 26.4 Å². The summed E-state index contributed by atoms with van der Waals surface area (Å²) in [6, 6.07) is 20.1. The van der Waals surface area contributed by atoms with E-state index in [0.717, 1.165) is 57.7 Å². The zero-order chi connectivity index (χ0) is 49.1. The van der Waals surface area contributed by atoms with Gasteiger partial charge in [0.1, 0.15) is 18.2 Å². The molecule has 4 rings (SSSR count). The molecule has 10 heteroatoms. The van der Waals surface area contributed by atoms with E-state index < -0.39 is 22.8 Å². The standard InChI is InChI=1S/C57H73FN2O7/c1-10-12-13-16-41-19-21-43(22-20-41)44-23-25-48(51(58)36-44)50-35-45(17-14-31-64-53(61)39(3)4)49(34-42(50)11-2)46-24-26-52(47(33-46)18-15-32-65-55(63)56(7,8)9)66-37-57(27-29-59,28-30-60)38-67-54(62)40(5)6/h23-26,33-36,41,43H,3,5,10-22,27-28,31-32,37-38H2,1-2,4,6-9H3. The van der Waals surface area contributed by atoms with Gasteiger partial charge in [0, 0.05) is 29.6 Å². The second kappa shape index (κ2) is 26.0. The number of esters is 3. The van der Waals surface area contributed by atoms with Gasteiger partial charge in [-0.3, -0.25) is 4.79 Å². The van der Waals surface area contributed by atoms with E-state index in [0.29, 0.717) is 54.9 Å². The van der Waals surface area contributed by atoms with Gasteiger partial charge < -0.3 is 18.9 Å². The Balaban J connectivity index is 1.75. The van der Waals surface area contributed by atoms with E-state index in [9.17, 15) is 24.9 Å². The lowest BCUT2D eigenvalue weighted by molar-refractivity contribution is -0.153. The van der Waals surface area contributed by atoms with Gasteiger partial charge in [-0.2, -0.15) is 10.5 Å². The molecule has 360 valence electrons. The van der Waals surface area contributed by atoms with Crippen molar-refractivity contribution >= 4 is 17.9 Å². The minimum absolute atomic E-state index is 0.0869. The molecule has 0 bridgehead atoms. The van der Waals surface area contributed by atoms with Crippen molar-refractivity contribution in [1.29, 1.82) is 10.5 Å². The molecule has 0 spiro atoms. The number of aryl methyl sites for hydroxylation is 3. The Labute approximate surface area is 399 Å². The van der Waals surface area contributed by atoms with Crippen LogP contribution in [0.25, 0.3) is 22.3 Å². The molecule has 0 aromatic heterocycles. The van der Waals surface area contributed by atoms with Crippen LogP contribution in [0.15, 0.2) is 72.8 Å². The minimum Gasteiger partial charge on any atom is -0.493 e. The third-order valence-corrected chi connectivity index (χ3v) is 12.8. The van der Waals surface area contributed by atoms with E-state index in [1.54, 1.807) is 33.8 Å². The topological polar surface area (TPSA) is 136 Å². The van der Waals surface area contributed by atoms with Crippen LogP contribution in [0.1, 0.15) is 154 Å². The molecule has 9 nitrogen and oxygen atoms in total. The van der Waals surface area contributed by atoms with Crippen molar-refractivity contribution in [3.63, 3.8) is 0 Å². The number of unbranched alkanes of at least 4 members (excludes halogenated alkanes) is 2. The zero-order valence-electron chi connectivity index (χ0n) is 41.3. The van der Waals surface area contributed by atoms with Crippen LogP contribution in [-0.4, -0.2) is 44.3 Å². The van der Waals surface area contributed by atoms with Gasteiger partial charge in [-0.1, -0.05) is 83.0 Å². The van der Waals surface area contributed by atoms with E-state index in [4.69, 9.17) is 18.9 Å². The number of nitrogens with zero attached hydrogens (tertiary/aromatic N) is 2. The van der Waals surface area contributed by atoms with Gasteiger partial charge in [-0.05, 0) is 161 Å². The third-order valence-electron chi connectivity index (χ3n) is 12.8. The molecular formula is C57H73FN2O7. The summed E-state index contributed by atoms with van der Waals surface area (Å²) >= 11 is 0. The zero-order valence-corrected chi connectivity index (χ0v) is 41.3. The Bertz CT molecular complexity index is 2270. The van der Waals surface area contributed by atoms with Gasteiger partial charge in [0.2, 0.25) is 0 Å². The lowest BCUT2D eigenvalue weighted by Crippen LogP contribution is -2.34. The molecule has 0 unspecified atom stereocenters. The summed E-state index contributed by atoms with van der Waals surface area (Å²) in [6.45, 7) is 20.3. The van der Waals surface area contributed by atoms with Crippen LogP contribution >= 0.6 is 0 Å². The highest BCUT2D eigenvalue weighted by Crippen LogP contribution is 2.41. The highest BCUT2D eigenvalue weighted by Gasteiger charge is 2.34. The molecule has 3 aromatic rings. The number of rotatable bonds is 25. The number of nitriles is 2. The maximum absolute atomic E-state index is 16.5. The van der Waals surface area contributed by atoms with Gasteiger partial charge in [0.15, 0.2) is 0 Å². The lowest BCUT2D eigenvalue weighted by Gasteiger charge is -2.29. The van der Waals surface area contributed by atoms with Crippen molar-refractivity contribution in [2.45, 2.75) is 151 Å². The van der Waals surface area contributed by atoms with Gasteiger partial charge in [0.05, 0.1) is 42.8 Å². The molecule has 0 amide bonds. The molecule has 0 atom stereocenters. The van der Waals surface area contributed by atoms with Crippen LogP contribution < -0.4 is 4.74 Å². The predicted octanol–water partition coefficient (Wildman–Crippen LogP) is 13.5. The molecular weight excluding hydrogens is 844 g/mol. The van der Waals surface area contributed by atoms with Crippen LogP contribution in [0, 0.1) is 45.2 Å². The fourth-order valence-electron chi connectivity index (χ4n) is 8.67. The molecule has 0 aliphatic heterocycles. The van der Waals surface area contributed by atoms with Gasteiger partial charge in [-0.15, -0.1) is 0 Å². The molecule has 1 aliphatic rings. The van der Waals surface area contributed by atoms with Crippen molar-refractivity contribution in [1.82, 2.24) is 0 Å². The van der Waals surface area contributed by atoms with Crippen molar-refractivity contribution < 1.29 is 37.7 Å². The van der Waals surface area contributed by atoms with Crippen molar-refractivity contribution in [3.8, 4) is 40.1 Å². The fraction of sp³-hybridized carbons (Fsp3) is 0.526. The number of carbonyl (C=O) groups excluding carboxylic acids is 3. The van der Waals surface area contributed by atoms with E-state index in [-0.39, 0.29) is 56.6 Å². The second-order valence-electron chi connectivity index (χ2n) is 19.6. The van der Waals surface area contributed by atoms with E-state index >= 15 is 4.39 Å². The van der Waals surface area contributed by atoms with Gasteiger partial charge in [-0.25, -0.2) is 14.0 Å². The number of carbonyl (C=O) groups is 3. The maximum Gasteiger partial charge on any atom is 0.333 e. The quantitative estimate of drug-likeness (QED) is 0.0352. The smallest absolute Gasteiger partial charge is 0.333 e. The summed E-state index contributed by atoms with van der Waals surface area (Å²) in [5.41, 5.74) is 5.72. The maximum atomic E-state index is 16.5. The molecule has 0 saturated heterocycles. The molecule has 1 saturated carbocycles. The molecule has 0 radical (unpaired) electrons. The first-order valence-corrected chi connectivity index (χ1v) is 24.2. The Morgan fingerprint density at radius 2 is 1.34 bits per heavy atom. The van der Waals surface area contributed by atoms with Crippen LogP contribution in [-0.2, 0) is 47.9 Å². The van der Waals surface area contributed by atoms with Crippen LogP contribution in [0.5, 0.6) is 5.75 Å². The fourth-order valence-corrected chi connectivity index (χ4v) is 8.67. The summed E-state index contributed by atoms with van der Waals surface area (Å²) in [5.74, 6) is 0.0125. The average molecular weight is 917 g/mol. The summed E-state index contributed by atoms with van der Waals surface area (Å²) in [6.07, 6.45) is 12.1. The Morgan fingerprint density at radius 3 is 1.94 bits per heavy atom. The molecule has 3 aromatic carbocycles. The summed E-state index contributed by atoms with van der Waals surface area (Å²) in [5, 5.41) is 19.6. The average Bonchev–Trinajstić information content (AvgIpc) is 3.30. The van der Waals surface area contributed by atoms with Crippen LogP contribution in [0.2, 0.25) is 0 Å². The van der Waals surface area contributed by atoms with Crippen LogP contribution in [0.4, 0.5) is 4.39 Å². The number of hydrogen-bond acceptors (Lipinski definition) is 9. The first-order valence-electron chi connectivity index (χ1n) is 24.2. The molecule has 1 fully saturated rings. The molecule has 1 aliphatic carbocycles. The lowest BCUT2D eigenvalue weighted by atomic mass is 9.76. The molecule has 0 heterocycles. The number of benzene rings is 3. The van der Waals surface area contributed by atoms with Crippen molar-refractivity contribution in [2.24, 2.45) is 16.7 Å². The minimum atomic E-state index is -1.11. The van der Waals surface area contributed by atoms with Crippen LogP contribution in [0.3, 0.4) is 0 Å². The number of ether oxygens (including phenoxy) is 4. The summed E-state index contributed by atoms with van der Waals surface area (Å²) in [4.78, 5) is 37.3. The Hall–Kier alpha value is -5.74. The molecule has 0 N–H and O–H groups in total. The van der Waals surface area contributed by atoms with E-state index in [1.807, 2.05) is 24.3 Å². The van der Waals surface area contributed by atoms with Gasteiger partial charge in [0.25, 0.3) is 0 Å². The van der Waals surface area contributed by atoms with Gasteiger partial charge >= 0.3 is 17.9 Å². The third kappa shape index (κ3) is 15.9. The highest BCUT2D eigenvalue weighted by atomic mass is 19.1. The number of halogens is 1. The number of hydrogen-bond donors (Lipinski definition) is 0. The highest BCUT2D eigenvalue weighted by molar-refractivity contribution is 5.87. The normalized spacial score (nSPS) is 14.9. The second-order valence-corrected chi connectivity index (χ2v) is 19.6. The largest absolute Gasteiger partial charge is 0.493 e. The van der Waals surface area contributed by atoms with Crippen molar-refractivity contribution in [3.05, 3.63) is 101 Å². The first-order chi connectivity index (χ1) is 31.9. The van der Waals surface area contributed by atoms with E-state index in [1.165, 1.54) is 45.4 Å².